The van der Waals surface area contributed by atoms with Gasteiger partial charge in [-0.15, -0.1) is 0 Å². The fraction of sp³-hybridized carbons (Fsp3) is 0.211. The minimum Gasteiger partial charge on any atom is -0.322 e. The van der Waals surface area contributed by atoms with Crippen molar-refractivity contribution in [3.8, 4) is 0 Å². The second kappa shape index (κ2) is 7.55. The number of halogens is 3. The Morgan fingerprint density at radius 1 is 1.18 bits per heavy atom. The summed E-state index contributed by atoms with van der Waals surface area (Å²) < 4.78 is 27.0. The van der Waals surface area contributed by atoms with Gasteiger partial charge in [-0.2, -0.15) is 0 Å². The van der Waals surface area contributed by atoms with Crippen LogP contribution in [0.5, 0.6) is 0 Å². The largest absolute Gasteiger partial charge is 0.325 e. The average Bonchev–Trinajstić information content (AvgIpc) is 2.90. The van der Waals surface area contributed by atoms with Gasteiger partial charge in [-0.05, 0) is 42.3 Å². The third-order valence-corrected chi connectivity index (χ3v) is 4.79. The minimum atomic E-state index is -1.39. The van der Waals surface area contributed by atoms with E-state index in [1.165, 1.54) is 36.4 Å². The molecule has 0 bridgehead atoms. The van der Waals surface area contributed by atoms with Crippen molar-refractivity contribution in [2.75, 3.05) is 11.9 Å². The first kappa shape index (κ1) is 19.8. The zero-order valence-electron chi connectivity index (χ0n) is 14.8. The molecule has 2 aromatic rings. The van der Waals surface area contributed by atoms with Crippen molar-refractivity contribution in [3.63, 3.8) is 0 Å². The molecule has 1 atom stereocenters. The van der Waals surface area contributed by atoms with E-state index in [1.807, 2.05) is 0 Å². The third-order valence-electron chi connectivity index (χ3n) is 4.55. The molecular formula is C19H16ClF2N3O3. The van der Waals surface area contributed by atoms with Crippen LogP contribution < -0.4 is 10.6 Å². The third kappa shape index (κ3) is 3.55. The van der Waals surface area contributed by atoms with Gasteiger partial charge < -0.3 is 10.6 Å². The van der Waals surface area contributed by atoms with Crippen LogP contribution in [0.15, 0.2) is 42.5 Å². The molecule has 0 spiro atoms. The molecule has 146 valence electrons. The fourth-order valence-corrected chi connectivity index (χ4v) is 3.23. The summed E-state index contributed by atoms with van der Waals surface area (Å²) in [6, 6.07) is 8.12. The number of nitrogens with one attached hydrogen (secondary N) is 2. The van der Waals surface area contributed by atoms with Crippen LogP contribution in [0.4, 0.5) is 19.3 Å². The lowest BCUT2D eigenvalue weighted by Crippen LogP contribution is -2.44. The molecule has 0 unspecified atom stereocenters. The van der Waals surface area contributed by atoms with Gasteiger partial charge in [0.25, 0.3) is 5.91 Å². The van der Waals surface area contributed by atoms with Gasteiger partial charge in [-0.25, -0.2) is 13.6 Å². The molecule has 4 amide bonds. The Hall–Kier alpha value is -3.00. The van der Waals surface area contributed by atoms with E-state index in [9.17, 15) is 23.2 Å². The number of benzene rings is 2. The van der Waals surface area contributed by atoms with Crippen LogP contribution in [0, 0.1) is 11.6 Å². The molecule has 28 heavy (non-hydrogen) atoms. The average molecular weight is 408 g/mol. The molecule has 1 saturated heterocycles. The zero-order chi connectivity index (χ0) is 20.5. The lowest BCUT2D eigenvalue weighted by atomic mass is 9.87. The van der Waals surface area contributed by atoms with Gasteiger partial charge in [0.15, 0.2) is 0 Å². The van der Waals surface area contributed by atoms with Crippen LogP contribution in [0.3, 0.4) is 0 Å². The number of rotatable bonds is 5. The Bertz CT molecular complexity index is 952. The summed E-state index contributed by atoms with van der Waals surface area (Å²) in [6.07, 6.45) is 0.202. The molecule has 0 saturated carbocycles. The van der Waals surface area contributed by atoms with Crippen molar-refractivity contribution in [2.45, 2.75) is 18.9 Å². The summed E-state index contributed by atoms with van der Waals surface area (Å²) in [4.78, 5) is 38.3. The maximum atomic E-state index is 13.8. The second-order valence-corrected chi connectivity index (χ2v) is 6.70. The first-order chi connectivity index (χ1) is 13.3. The number of carbonyl (C=O) groups excluding carboxylic acids is 3. The van der Waals surface area contributed by atoms with Crippen molar-refractivity contribution in [2.24, 2.45) is 0 Å². The van der Waals surface area contributed by atoms with Crippen molar-refractivity contribution in [3.05, 3.63) is 64.7 Å². The molecule has 0 aromatic heterocycles. The van der Waals surface area contributed by atoms with E-state index in [-0.39, 0.29) is 17.1 Å². The zero-order valence-corrected chi connectivity index (χ0v) is 15.5. The minimum absolute atomic E-state index is 0.123. The maximum Gasteiger partial charge on any atom is 0.325 e. The molecule has 6 nitrogen and oxygen atoms in total. The molecule has 9 heteroatoms. The highest BCUT2D eigenvalue weighted by Crippen LogP contribution is 2.32. The van der Waals surface area contributed by atoms with Crippen LogP contribution in [0.2, 0.25) is 5.02 Å². The number of hydrogen-bond acceptors (Lipinski definition) is 3. The summed E-state index contributed by atoms with van der Waals surface area (Å²) in [5, 5.41) is 5.05. The van der Waals surface area contributed by atoms with Crippen LogP contribution >= 0.6 is 11.6 Å². The van der Waals surface area contributed by atoms with E-state index in [1.54, 1.807) is 6.92 Å². The van der Waals surface area contributed by atoms with Gasteiger partial charge in [0, 0.05) is 5.02 Å². The highest BCUT2D eigenvalue weighted by molar-refractivity contribution is 6.30. The Morgan fingerprint density at radius 3 is 2.46 bits per heavy atom. The molecule has 1 aliphatic heterocycles. The Kier molecular flexibility index (Phi) is 5.33. The van der Waals surface area contributed by atoms with Crippen LogP contribution in [-0.2, 0) is 15.1 Å². The van der Waals surface area contributed by atoms with Gasteiger partial charge in [0.05, 0.1) is 5.69 Å². The number of anilines is 1. The Balaban J connectivity index is 1.79. The summed E-state index contributed by atoms with van der Waals surface area (Å²) in [5.41, 5.74) is -1.11. The van der Waals surface area contributed by atoms with Crippen molar-refractivity contribution in [1.29, 1.82) is 0 Å². The van der Waals surface area contributed by atoms with Crippen LogP contribution in [0.1, 0.15) is 18.9 Å². The first-order valence-corrected chi connectivity index (χ1v) is 8.79. The number of urea groups is 1. The summed E-state index contributed by atoms with van der Waals surface area (Å²) >= 11 is 5.66. The van der Waals surface area contributed by atoms with E-state index >= 15 is 0 Å². The van der Waals surface area contributed by atoms with Gasteiger partial charge in [-0.1, -0.05) is 30.7 Å². The smallest absolute Gasteiger partial charge is 0.322 e. The normalized spacial score (nSPS) is 18.9. The molecule has 0 aliphatic carbocycles. The molecule has 3 rings (SSSR count). The maximum absolute atomic E-state index is 13.8. The lowest BCUT2D eigenvalue weighted by molar-refractivity contribution is -0.134. The SMILES string of the molecule is CC[C@]1(c2ccc(F)cc2)NC(=O)N(CC(=O)Nc2ccc(Cl)cc2F)C1=O. The van der Waals surface area contributed by atoms with E-state index < -0.39 is 41.6 Å². The van der Waals surface area contributed by atoms with Gasteiger partial charge >= 0.3 is 6.03 Å². The first-order valence-electron chi connectivity index (χ1n) is 8.42. The van der Waals surface area contributed by atoms with Crippen molar-refractivity contribution < 1.29 is 23.2 Å². The van der Waals surface area contributed by atoms with Crippen molar-refractivity contribution >= 4 is 35.1 Å². The van der Waals surface area contributed by atoms with Crippen LogP contribution in [0.25, 0.3) is 0 Å². The molecule has 1 fully saturated rings. The standard InChI is InChI=1S/C19H16ClF2N3O3/c1-2-19(11-3-6-13(21)7-4-11)17(27)25(18(28)24-19)10-16(26)23-15-8-5-12(20)9-14(15)22/h3-9H,2,10H2,1H3,(H,23,26)(H,24,28)/t19-/m1/s1. The van der Waals surface area contributed by atoms with E-state index in [2.05, 4.69) is 10.6 Å². The Labute approximate surface area is 164 Å². The molecular weight excluding hydrogens is 392 g/mol. The van der Waals surface area contributed by atoms with Gasteiger partial charge in [0.1, 0.15) is 23.7 Å². The predicted molar refractivity (Wildman–Crippen MR) is 98.7 cm³/mol. The number of hydrogen-bond donors (Lipinski definition) is 2. The van der Waals surface area contributed by atoms with E-state index in [4.69, 9.17) is 11.6 Å². The summed E-state index contributed by atoms with van der Waals surface area (Å²) in [7, 11) is 0. The van der Waals surface area contributed by atoms with E-state index in [0.29, 0.717) is 5.56 Å². The number of carbonyl (C=O) groups is 3. The second-order valence-electron chi connectivity index (χ2n) is 6.26. The monoisotopic (exact) mass is 407 g/mol. The highest BCUT2D eigenvalue weighted by atomic mass is 35.5. The molecule has 2 aromatic carbocycles. The topological polar surface area (TPSA) is 78.5 Å². The number of amides is 4. The summed E-state index contributed by atoms with van der Waals surface area (Å²) in [5.74, 6) is -2.62. The molecule has 2 N–H and O–H groups in total. The van der Waals surface area contributed by atoms with Gasteiger partial charge in [-0.3, -0.25) is 14.5 Å². The summed E-state index contributed by atoms with van der Waals surface area (Å²) in [6.45, 7) is 1.09. The molecule has 1 heterocycles. The van der Waals surface area contributed by atoms with Gasteiger partial charge in [0.2, 0.25) is 5.91 Å². The fourth-order valence-electron chi connectivity index (χ4n) is 3.07. The van der Waals surface area contributed by atoms with Crippen molar-refractivity contribution in [1.82, 2.24) is 10.2 Å². The number of nitrogens with zero attached hydrogens (tertiary/aromatic N) is 1. The lowest BCUT2D eigenvalue weighted by Gasteiger charge is -2.25. The van der Waals surface area contributed by atoms with E-state index in [0.717, 1.165) is 11.0 Å². The highest BCUT2D eigenvalue weighted by Gasteiger charge is 2.51. The number of imide groups is 1. The molecule has 1 aliphatic rings. The Morgan fingerprint density at radius 2 is 1.86 bits per heavy atom. The predicted octanol–water partition coefficient (Wildman–Crippen LogP) is 3.41. The quantitative estimate of drug-likeness (QED) is 0.745. The molecule has 0 radical (unpaired) electrons. The van der Waals surface area contributed by atoms with Crippen LogP contribution in [-0.4, -0.2) is 29.3 Å².